The monoisotopic (exact) mass is 366 g/mol. The molecule has 2 aromatic rings. The number of fused-ring (bicyclic) bond motifs is 1. The average Bonchev–Trinajstić information content (AvgIpc) is 2.89. The fourth-order valence-electron chi connectivity index (χ4n) is 2.40. The summed E-state index contributed by atoms with van der Waals surface area (Å²) in [6.45, 7) is 0.628. The van der Waals surface area contributed by atoms with Crippen LogP contribution in [-0.2, 0) is 14.4 Å². The van der Waals surface area contributed by atoms with Crippen molar-refractivity contribution in [2.75, 3.05) is 12.4 Å². The maximum atomic E-state index is 11.4. The van der Waals surface area contributed by atoms with E-state index in [2.05, 4.69) is 5.32 Å². The van der Waals surface area contributed by atoms with Gasteiger partial charge in [0.15, 0.2) is 6.04 Å². The van der Waals surface area contributed by atoms with Gasteiger partial charge in [-0.1, -0.05) is 24.3 Å². The Kier molecular flexibility index (Phi) is 6.05. The van der Waals surface area contributed by atoms with E-state index in [0.717, 1.165) is 22.5 Å². The molecule has 1 amide bonds. The Balaban J connectivity index is 2.39. The fourth-order valence-corrected chi connectivity index (χ4v) is 3.62. The highest BCUT2D eigenvalue weighted by atomic mass is 32.2. The van der Waals surface area contributed by atoms with Crippen LogP contribution in [0.4, 0.5) is 0 Å². The molecule has 0 aliphatic heterocycles. The van der Waals surface area contributed by atoms with Crippen molar-refractivity contribution in [3.63, 3.8) is 0 Å². The molecular formula is C16H18N2O6S. The molecule has 9 heteroatoms. The summed E-state index contributed by atoms with van der Waals surface area (Å²) >= 11 is 1.12. The maximum absolute atomic E-state index is 11.4. The van der Waals surface area contributed by atoms with E-state index in [4.69, 9.17) is 0 Å². The van der Waals surface area contributed by atoms with Crippen molar-refractivity contribution >= 4 is 40.4 Å². The van der Waals surface area contributed by atoms with Gasteiger partial charge in [-0.25, -0.2) is 9.59 Å². The predicted molar refractivity (Wildman–Crippen MR) is 91.7 cm³/mol. The minimum atomic E-state index is -1.19. The van der Waals surface area contributed by atoms with Crippen LogP contribution in [-0.4, -0.2) is 56.1 Å². The van der Waals surface area contributed by atoms with Crippen LogP contribution < -0.4 is 5.32 Å². The first kappa shape index (κ1) is 18.8. The zero-order valence-electron chi connectivity index (χ0n) is 13.4. The number of carbonyl (C=O) groups is 3. The molecule has 0 aliphatic rings. The minimum absolute atomic E-state index is 0.0146. The van der Waals surface area contributed by atoms with Gasteiger partial charge >= 0.3 is 11.9 Å². The molecule has 0 unspecified atom stereocenters. The second-order valence-electron chi connectivity index (χ2n) is 5.37. The summed E-state index contributed by atoms with van der Waals surface area (Å²) in [4.78, 5) is 33.8. The van der Waals surface area contributed by atoms with Gasteiger partial charge in [0, 0.05) is 29.6 Å². The number of hydrogen-bond acceptors (Lipinski definition) is 5. The SMILES string of the molecule is CC(=O)N[C@H](CSc1c2ccccc2cn1[C@H](CO)C(=O)O)C(=O)O. The molecule has 0 saturated heterocycles. The molecule has 1 heterocycles. The molecule has 2 rings (SSSR count). The molecule has 0 aliphatic carbocycles. The average molecular weight is 366 g/mol. The molecule has 1 aromatic carbocycles. The molecule has 0 radical (unpaired) electrons. The number of carboxylic acids is 2. The zero-order chi connectivity index (χ0) is 18.6. The topological polar surface area (TPSA) is 129 Å². The molecular weight excluding hydrogens is 348 g/mol. The third kappa shape index (κ3) is 4.31. The van der Waals surface area contributed by atoms with Gasteiger partial charge in [0.2, 0.25) is 5.91 Å². The van der Waals surface area contributed by atoms with Crippen molar-refractivity contribution in [1.29, 1.82) is 0 Å². The molecule has 0 spiro atoms. The summed E-state index contributed by atoms with van der Waals surface area (Å²) in [5, 5.41) is 32.3. The Labute approximate surface area is 147 Å². The molecule has 25 heavy (non-hydrogen) atoms. The van der Waals surface area contributed by atoms with Crippen LogP contribution in [0.3, 0.4) is 0 Å². The molecule has 134 valence electrons. The van der Waals surface area contributed by atoms with E-state index in [1.54, 1.807) is 30.5 Å². The number of aliphatic hydroxyl groups is 1. The number of carbonyl (C=O) groups excluding carboxylic acids is 1. The third-order valence-electron chi connectivity index (χ3n) is 3.56. The number of benzene rings is 1. The standard InChI is InChI=1S/C16H18N2O6S/c1-9(20)17-12(15(21)22)8-25-14-11-5-3-2-4-10(11)6-18(14)13(7-19)16(23)24/h2-6,12-13,19H,7-8H2,1H3,(H,17,20)(H,21,22)(H,23,24)/t12-,13-/m1/s1. The lowest BCUT2D eigenvalue weighted by Gasteiger charge is -2.17. The van der Waals surface area contributed by atoms with E-state index >= 15 is 0 Å². The highest BCUT2D eigenvalue weighted by Crippen LogP contribution is 2.33. The van der Waals surface area contributed by atoms with Crippen molar-refractivity contribution < 1.29 is 29.7 Å². The summed E-state index contributed by atoms with van der Waals surface area (Å²) in [6, 6.07) is 4.88. The van der Waals surface area contributed by atoms with Crippen LogP contribution in [0, 0.1) is 0 Å². The number of carboxylic acid groups (broad SMARTS) is 2. The normalized spacial score (nSPS) is 13.4. The summed E-state index contributed by atoms with van der Waals surface area (Å²) in [5.74, 6) is -2.82. The Morgan fingerprint density at radius 2 is 1.88 bits per heavy atom. The highest BCUT2D eigenvalue weighted by Gasteiger charge is 2.25. The first-order valence-electron chi connectivity index (χ1n) is 7.41. The van der Waals surface area contributed by atoms with E-state index in [1.165, 1.54) is 11.5 Å². The second kappa shape index (κ2) is 8.04. The number of aromatic nitrogens is 1. The second-order valence-corrected chi connectivity index (χ2v) is 6.38. The van der Waals surface area contributed by atoms with E-state index in [0.29, 0.717) is 5.03 Å². The Morgan fingerprint density at radius 3 is 2.44 bits per heavy atom. The van der Waals surface area contributed by atoms with Gasteiger partial charge in [0.1, 0.15) is 6.04 Å². The van der Waals surface area contributed by atoms with Crippen molar-refractivity contribution in [2.45, 2.75) is 24.0 Å². The predicted octanol–water partition coefficient (Wildman–Crippen LogP) is 0.941. The summed E-state index contributed by atoms with van der Waals surface area (Å²) in [7, 11) is 0. The minimum Gasteiger partial charge on any atom is -0.480 e. The van der Waals surface area contributed by atoms with Gasteiger partial charge in [0.25, 0.3) is 0 Å². The van der Waals surface area contributed by atoms with Gasteiger partial charge in [-0.05, 0) is 0 Å². The number of aliphatic carboxylic acids is 2. The largest absolute Gasteiger partial charge is 0.480 e. The van der Waals surface area contributed by atoms with Crippen LogP contribution in [0.15, 0.2) is 35.5 Å². The van der Waals surface area contributed by atoms with Crippen molar-refractivity contribution in [2.24, 2.45) is 0 Å². The van der Waals surface area contributed by atoms with Gasteiger partial charge in [-0.15, -0.1) is 11.8 Å². The zero-order valence-corrected chi connectivity index (χ0v) is 14.2. The summed E-state index contributed by atoms with van der Waals surface area (Å²) < 4.78 is 1.42. The smallest absolute Gasteiger partial charge is 0.329 e. The van der Waals surface area contributed by atoms with Gasteiger partial charge in [-0.3, -0.25) is 4.79 Å². The summed E-state index contributed by atoms with van der Waals surface area (Å²) in [6.07, 6.45) is 1.61. The third-order valence-corrected chi connectivity index (χ3v) is 4.76. The lowest BCUT2D eigenvalue weighted by atomic mass is 10.2. The van der Waals surface area contributed by atoms with Gasteiger partial charge in [0.05, 0.1) is 11.6 Å². The summed E-state index contributed by atoms with van der Waals surface area (Å²) in [5.41, 5.74) is 0. The first-order chi connectivity index (χ1) is 11.8. The number of nitrogens with zero attached hydrogens (tertiary/aromatic N) is 1. The van der Waals surface area contributed by atoms with Crippen LogP contribution in [0.5, 0.6) is 0 Å². The van der Waals surface area contributed by atoms with E-state index < -0.39 is 36.5 Å². The van der Waals surface area contributed by atoms with Crippen LogP contribution in [0.2, 0.25) is 0 Å². The fraction of sp³-hybridized carbons (Fsp3) is 0.312. The number of nitrogens with one attached hydrogen (secondary N) is 1. The Hall–Kier alpha value is -2.52. The Bertz CT molecular complexity index is 803. The van der Waals surface area contributed by atoms with E-state index in [1.807, 2.05) is 0 Å². The van der Waals surface area contributed by atoms with E-state index in [9.17, 15) is 29.7 Å². The van der Waals surface area contributed by atoms with Crippen LogP contribution in [0.1, 0.15) is 13.0 Å². The molecule has 0 fully saturated rings. The van der Waals surface area contributed by atoms with Gasteiger partial charge in [-0.2, -0.15) is 0 Å². The van der Waals surface area contributed by atoms with Crippen molar-refractivity contribution in [3.05, 3.63) is 30.5 Å². The molecule has 2 atom stereocenters. The Morgan fingerprint density at radius 1 is 1.20 bits per heavy atom. The number of amides is 1. The van der Waals surface area contributed by atoms with Crippen molar-refractivity contribution in [3.8, 4) is 0 Å². The molecule has 0 saturated carbocycles. The highest BCUT2D eigenvalue weighted by molar-refractivity contribution is 7.99. The maximum Gasteiger partial charge on any atom is 0.329 e. The number of thioether (sulfide) groups is 1. The first-order valence-corrected chi connectivity index (χ1v) is 8.39. The molecule has 4 N–H and O–H groups in total. The van der Waals surface area contributed by atoms with E-state index in [-0.39, 0.29) is 5.75 Å². The molecule has 1 aromatic heterocycles. The van der Waals surface area contributed by atoms with Crippen LogP contribution >= 0.6 is 11.8 Å². The quantitative estimate of drug-likeness (QED) is 0.512. The molecule has 8 nitrogen and oxygen atoms in total. The van der Waals surface area contributed by atoms with Gasteiger partial charge < -0.3 is 25.2 Å². The lowest BCUT2D eigenvalue weighted by molar-refractivity contribution is -0.142. The van der Waals surface area contributed by atoms with Crippen LogP contribution in [0.25, 0.3) is 10.8 Å². The number of aliphatic hydroxyl groups excluding tert-OH is 1. The number of hydrogen-bond donors (Lipinski definition) is 4. The van der Waals surface area contributed by atoms with Crippen molar-refractivity contribution in [1.82, 2.24) is 9.88 Å². The number of rotatable bonds is 8. The molecule has 0 bridgehead atoms. The lowest BCUT2D eigenvalue weighted by Crippen LogP contribution is -2.41.